The third-order valence-electron chi connectivity index (χ3n) is 2.78. The topological polar surface area (TPSA) is 105 Å². The normalized spacial score (nSPS) is 13.7. The highest BCUT2D eigenvalue weighted by atomic mass is 16.4. The van der Waals surface area contributed by atoms with Crippen LogP contribution >= 0.6 is 0 Å². The number of nitrogens with two attached hydrogens (primary N) is 1. The molecule has 0 aliphatic rings. The fourth-order valence-electron chi connectivity index (χ4n) is 1.44. The Morgan fingerprint density at radius 3 is 2.61 bits per heavy atom. The third-order valence-corrected chi connectivity index (χ3v) is 2.78. The van der Waals surface area contributed by atoms with Crippen LogP contribution in [0.25, 0.3) is 0 Å². The second-order valence-corrected chi connectivity index (χ2v) is 4.15. The first-order chi connectivity index (χ1) is 8.45. The van der Waals surface area contributed by atoms with Crippen LogP contribution in [0.1, 0.15) is 30.8 Å². The van der Waals surface area contributed by atoms with E-state index in [-0.39, 0.29) is 11.6 Å². The van der Waals surface area contributed by atoms with Gasteiger partial charge in [-0.3, -0.25) is 4.79 Å². The highest BCUT2D eigenvalue weighted by Crippen LogP contribution is 2.09. The van der Waals surface area contributed by atoms with Crippen molar-refractivity contribution in [2.24, 2.45) is 5.92 Å². The minimum absolute atomic E-state index is 0.152. The minimum atomic E-state index is -1.05. The fraction of sp³-hybridized carbons (Fsp3) is 0.417. The molecule has 0 aliphatic heterocycles. The first kappa shape index (κ1) is 14.0. The van der Waals surface area contributed by atoms with Gasteiger partial charge in [-0.1, -0.05) is 20.3 Å². The molecule has 0 bridgehead atoms. The molecule has 2 atom stereocenters. The third kappa shape index (κ3) is 3.44. The van der Waals surface area contributed by atoms with Gasteiger partial charge in [-0.15, -0.1) is 0 Å². The number of nitrogen functional groups attached to an aromatic ring is 1. The number of nitrogens with one attached hydrogen (secondary N) is 1. The summed E-state index contributed by atoms with van der Waals surface area (Å²) in [5.41, 5.74) is 6.06. The van der Waals surface area contributed by atoms with Gasteiger partial charge in [-0.2, -0.15) is 0 Å². The number of carboxylic acid groups (broad SMARTS) is 1. The second-order valence-electron chi connectivity index (χ2n) is 4.15. The van der Waals surface area contributed by atoms with Crippen molar-refractivity contribution in [3.05, 3.63) is 24.0 Å². The average molecular weight is 251 g/mol. The van der Waals surface area contributed by atoms with Crippen LogP contribution in [0.15, 0.2) is 18.3 Å². The molecule has 0 spiro atoms. The van der Waals surface area contributed by atoms with E-state index in [1.807, 2.05) is 6.92 Å². The van der Waals surface area contributed by atoms with E-state index < -0.39 is 17.9 Å². The van der Waals surface area contributed by atoms with Gasteiger partial charge in [0.15, 0.2) is 0 Å². The van der Waals surface area contributed by atoms with Gasteiger partial charge in [0, 0.05) is 0 Å². The van der Waals surface area contributed by atoms with Gasteiger partial charge in [-0.25, -0.2) is 9.78 Å². The Labute approximate surface area is 105 Å². The van der Waals surface area contributed by atoms with E-state index in [0.29, 0.717) is 12.1 Å². The molecule has 6 heteroatoms. The summed E-state index contributed by atoms with van der Waals surface area (Å²) in [7, 11) is 0. The van der Waals surface area contributed by atoms with Crippen LogP contribution in [-0.2, 0) is 4.79 Å². The average Bonchev–Trinajstić information content (AvgIpc) is 2.35. The van der Waals surface area contributed by atoms with Crippen LogP contribution in [0.2, 0.25) is 0 Å². The smallest absolute Gasteiger partial charge is 0.326 e. The molecule has 0 fully saturated rings. The molecule has 0 radical (unpaired) electrons. The summed E-state index contributed by atoms with van der Waals surface area (Å²) in [5.74, 6) is -1.71. The molecule has 2 unspecified atom stereocenters. The van der Waals surface area contributed by atoms with Crippen molar-refractivity contribution in [3.63, 3.8) is 0 Å². The molecule has 1 amide bonds. The van der Waals surface area contributed by atoms with Gasteiger partial charge >= 0.3 is 5.97 Å². The molecule has 18 heavy (non-hydrogen) atoms. The number of carbonyl (C=O) groups excluding carboxylic acids is 1. The maximum Gasteiger partial charge on any atom is 0.326 e. The van der Waals surface area contributed by atoms with Gasteiger partial charge < -0.3 is 16.2 Å². The summed E-state index contributed by atoms with van der Waals surface area (Å²) in [4.78, 5) is 26.7. The van der Waals surface area contributed by atoms with Crippen molar-refractivity contribution in [3.8, 4) is 0 Å². The Hall–Kier alpha value is -2.11. The lowest BCUT2D eigenvalue weighted by Crippen LogP contribution is -2.45. The van der Waals surface area contributed by atoms with Gasteiger partial charge in [0.25, 0.3) is 5.91 Å². The zero-order valence-corrected chi connectivity index (χ0v) is 10.4. The van der Waals surface area contributed by atoms with E-state index >= 15 is 0 Å². The molecule has 1 rings (SSSR count). The maximum atomic E-state index is 11.8. The number of pyridine rings is 1. The van der Waals surface area contributed by atoms with Gasteiger partial charge in [0.05, 0.1) is 11.9 Å². The maximum absolute atomic E-state index is 11.8. The Balaban J connectivity index is 2.78. The number of hydrogen-bond donors (Lipinski definition) is 3. The number of hydrogen-bond acceptors (Lipinski definition) is 4. The highest BCUT2D eigenvalue weighted by molar-refractivity contribution is 5.95. The van der Waals surface area contributed by atoms with Gasteiger partial charge in [-0.05, 0) is 18.1 Å². The lowest BCUT2D eigenvalue weighted by molar-refractivity contribution is -0.140. The van der Waals surface area contributed by atoms with Crippen molar-refractivity contribution in [1.29, 1.82) is 0 Å². The molecular weight excluding hydrogens is 234 g/mol. The summed E-state index contributed by atoms with van der Waals surface area (Å²) < 4.78 is 0. The highest BCUT2D eigenvalue weighted by Gasteiger charge is 2.25. The number of rotatable bonds is 5. The molecule has 0 saturated carbocycles. The Morgan fingerprint density at radius 2 is 2.17 bits per heavy atom. The van der Waals surface area contributed by atoms with Crippen LogP contribution in [0.4, 0.5) is 5.69 Å². The van der Waals surface area contributed by atoms with Crippen LogP contribution in [0, 0.1) is 5.92 Å². The SMILES string of the molecule is CCC(C)C(NC(=O)c1ccc(N)cn1)C(=O)O. The van der Waals surface area contributed by atoms with Crippen molar-refractivity contribution >= 4 is 17.6 Å². The van der Waals surface area contributed by atoms with E-state index in [2.05, 4.69) is 10.3 Å². The molecule has 1 heterocycles. The van der Waals surface area contributed by atoms with E-state index in [1.165, 1.54) is 12.3 Å². The lowest BCUT2D eigenvalue weighted by atomic mass is 9.99. The van der Waals surface area contributed by atoms with E-state index in [1.54, 1.807) is 13.0 Å². The zero-order valence-electron chi connectivity index (χ0n) is 10.4. The van der Waals surface area contributed by atoms with Crippen molar-refractivity contribution < 1.29 is 14.7 Å². The molecule has 0 aliphatic carbocycles. The van der Waals surface area contributed by atoms with Gasteiger partial charge in [0.2, 0.25) is 0 Å². The van der Waals surface area contributed by atoms with E-state index in [9.17, 15) is 9.59 Å². The molecule has 6 nitrogen and oxygen atoms in total. The summed E-state index contributed by atoms with van der Waals surface area (Å²) in [6, 6.07) is 2.09. The van der Waals surface area contributed by atoms with Crippen LogP contribution in [-0.4, -0.2) is 28.0 Å². The van der Waals surface area contributed by atoms with Crippen molar-refractivity contribution in [1.82, 2.24) is 10.3 Å². The van der Waals surface area contributed by atoms with E-state index in [0.717, 1.165) is 0 Å². The molecule has 0 aromatic carbocycles. The number of aliphatic carboxylic acids is 1. The number of anilines is 1. The predicted octanol–water partition coefficient (Wildman–Crippen LogP) is 0.893. The Morgan fingerprint density at radius 1 is 1.50 bits per heavy atom. The monoisotopic (exact) mass is 251 g/mol. The van der Waals surface area contributed by atoms with Crippen molar-refractivity contribution in [2.45, 2.75) is 26.3 Å². The van der Waals surface area contributed by atoms with Crippen LogP contribution in [0.3, 0.4) is 0 Å². The van der Waals surface area contributed by atoms with Crippen molar-refractivity contribution in [2.75, 3.05) is 5.73 Å². The lowest BCUT2D eigenvalue weighted by Gasteiger charge is -2.19. The quantitative estimate of drug-likeness (QED) is 0.720. The van der Waals surface area contributed by atoms with Crippen LogP contribution in [0.5, 0.6) is 0 Å². The van der Waals surface area contributed by atoms with E-state index in [4.69, 9.17) is 10.8 Å². The number of carboxylic acids is 1. The molecule has 0 saturated heterocycles. The number of carbonyl (C=O) groups is 2. The summed E-state index contributed by atoms with van der Waals surface area (Å²) in [6.45, 7) is 3.64. The number of aromatic nitrogens is 1. The largest absolute Gasteiger partial charge is 0.480 e. The zero-order chi connectivity index (χ0) is 13.7. The number of nitrogens with zero attached hydrogens (tertiary/aromatic N) is 1. The fourth-order valence-corrected chi connectivity index (χ4v) is 1.44. The molecular formula is C12H17N3O3. The molecule has 4 N–H and O–H groups in total. The summed E-state index contributed by atoms with van der Waals surface area (Å²) in [6.07, 6.45) is 2.01. The Kier molecular flexibility index (Phi) is 4.65. The molecule has 1 aromatic heterocycles. The van der Waals surface area contributed by atoms with Crippen LogP contribution < -0.4 is 11.1 Å². The standard InChI is InChI=1S/C12H17N3O3/c1-3-7(2)10(12(17)18)15-11(16)9-5-4-8(13)6-14-9/h4-7,10H,3,13H2,1-2H3,(H,15,16)(H,17,18). The van der Waals surface area contributed by atoms with Gasteiger partial charge in [0.1, 0.15) is 11.7 Å². The second kappa shape index (κ2) is 6.00. The predicted molar refractivity (Wildman–Crippen MR) is 67.0 cm³/mol. The molecule has 98 valence electrons. The first-order valence-corrected chi connectivity index (χ1v) is 5.71. The minimum Gasteiger partial charge on any atom is -0.480 e. The Bertz CT molecular complexity index is 431. The summed E-state index contributed by atoms with van der Waals surface area (Å²) in [5, 5.41) is 11.5. The first-order valence-electron chi connectivity index (χ1n) is 5.71. The number of amides is 1. The summed E-state index contributed by atoms with van der Waals surface area (Å²) >= 11 is 0. The molecule has 1 aromatic rings.